The molecule has 1 fully saturated rings. The number of likely N-dealkylation sites (N-methyl/N-ethyl adjacent to an activating group) is 1. The molecular formula is C16H24N2O2. The van der Waals surface area contributed by atoms with Gasteiger partial charge in [-0.15, -0.1) is 0 Å². The summed E-state index contributed by atoms with van der Waals surface area (Å²) < 4.78 is 0. The molecule has 1 atom stereocenters. The normalized spacial score (nSPS) is 18.8. The van der Waals surface area contributed by atoms with Gasteiger partial charge in [0.15, 0.2) is 0 Å². The molecule has 110 valence electrons. The highest BCUT2D eigenvalue weighted by molar-refractivity contribution is 5.79. The number of amides is 1. The quantitative estimate of drug-likeness (QED) is 0.893. The number of carbonyl (C=O) groups is 1. The second-order valence-electron chi connectivity index (χ2n) is 5.35. The molecule has 1 amide bonds. The molecule has 0 aliphatic carbocycles. The zero-order valence-electron chi connectivity index (χ0n) is 12.4. The Morgan fingerprint density at radius 2 is 2.15 bits per heavy atom. The Morgan fingerprint density at radius 1 is 1.40 bits per heavy atom. The van der Waals surface area contributed by atoms with Crippen LogP contribution in [0.15, 0.2) is 24.3 Å². The van der Waals surface area contributed by atoms with Gasteiger partial charge >= 0.3 is 0 Å². The summed E-state index contributed by atoms with van der Waals surface area (Å²) in [5.41, 5.74) is 0.876. The van der Waals surface area contributed by atoms with Gasteiger partial charge in [0.25, 0.3) is 0 Å². The summed E-state index contributed by atoms with van der Waals surface area (Å²) in [6.45, 7) is 8.09. The molecule has 1 heterocycles. The highest BCUT2D eigenvalue weighted by atomic mass is 16.3. The maximum Gasteiger partial charge on any atom is 0.227 e. The van der Waals surface area contributed by atoms with Crippen LogP contribution >= 0.6 is 0 Å². The van der Waals surface area contributed by atoms with Crippen molar-refractivity contribution in [1.82, 2.24) is 9.80 Å². The van der Waals surface area contributed by atoms with Crippen molar-refractivity contribution < 1.29 is 9.90 Å². The van der Waals surface area contributed by atoms with E-state index in [-0.39, 0.29) is 11.7 Å². The van der Waals surface area contributed by atoms with Crippen molar-refractivity contribution in [2.45, 2.75) is 32.7 Å². The van der Waals surface area contributed by atoms with Gasteiger partial charge in [0.2, 0.25) is 5.91 Å². The molecule has 1 aliphatic heterocycles. The molecule has 0 spiro atoms. The fourth-order valence-electron chi connectivity index (χ4n) is 2.96. The van der Waals surface area contributed by atoms with Crippen LogP contribution < -0.4 is 0 Å². The van der Waals surface area contributed by atoms with Crippen LogP contribution in [0.1, 0.15) is 25.8 Å². The first kappa shape index (κ1) is 14.9. The van der Waals surface area contributed by atoms with Crippen molar-refractivity contribution in [3.63, 3.8) is 0 Å². The molecule has 1 unspecified atom stereocenters. The van der Waals surface area contributed by atoms with Crippen molar-refractivity contribution in [2.24, 2.45) is 0 Å². The number of phenolic OH excluding ortho intramolecular Hbond substituents is 1. The second-order valence-corrected chi connectivity index (χ2v) is 5.35. The summed E-state index contributed by atoms with van der Waals surface area (Å²) in [4.78, 5) is 16.7. The number of hydrogen-bond acceptors (Lipinski definition) is 3. The van der Waals surface area contributed by atoms with Crippen LogP contribution in [0, 0.1) is 0 Å². The van der Waals surface area contributed by atoms with Crippen molar-refractivity contribution in [3.05, 3.63) is 29.8 Å². The average molecular weight is 276 g/mol. The van der Waals surface area contributed by atoms with Gasteiger partial charge in [0, 0.05) is 19.1 Å². The largest absolute Gasteiger partial charge is 0.508 e. The van der Waals surface area contributed by atoms with Crippen molar-refractivity contribution >= 4 is 5.91 Å². The summed E-state index contributed by atoms with van der Waals surface area (Å²) in [6, 6.07) is 7.45. The minimum atomic E-state index is 0.158. The molecule has 1 aliphatic rings. The molecule has 0 aromatic heterocycles. The van der Waals surface area contributed by atoms with Crippen LogP contribution in [0.5, 0.6) is 5.75 Å². The van der Waals surface area contributed by atoms with Crippen molar-refractivity contribution in [1.29, 1.82) is 0 Å². The average Bonchev–Trinajstić information content (AvgIpc) is 2.90. The maximum absolute atomic E-state index is 12.3. The molecule has 0 saturated carbocycles. The molecule has 4 nitrogen and oxygen atoms in total. The fourth-order valence-corrected chi connectivity index (χ4v) is 2.96. The SMILES string of the molecule is CCN(CC)C1CCN(C(=O)Cc2cccc(O)c2)C1. The zero-order valence-corrected chi connectivity index (χ0v) is 12.4. The standard InChI is InChI=1S/C16H24N2O2/c1-3-17(4-2)14-8-9-18(12-14)16(20)11-13-6-5-7-15(19)10-13/h5-7,10,14,19H,3-4,8-9,11-12H2,1-2H3. The Balaban J connectivity index is 1.91. The lowest BCUT2D eigenvalue weighted by Crippen LogP contribution is -2.39. The predicted molar refractivity (Wildman–Crippen MR) is 79.7 cm³/mol. The van der Waals surface area contributed by atoms with E-state index in [9.17, 15) is 9.90 Å². The van der Waals surface area contributed by atoms with E-state index in [0.29, 0.717) is 12.5 Å². The van der Waals surface area contributed by atoms with Crippen LogP contribution in [0.2, 0.25) is 0 Å². The van der Waals surface area contributed by atoms with E-state index in [2.05, 4.69) is 18.7 Å². The molecule has 20 heavy (non-hydrogen) atoms. The van der Waals surface area contributed by atoms with E-state index < -0.39 is 0 Å². The Labute approximate surface area is 121 Å². The van der Waals surface area contributed by atoms with Crippen LogP contribution in [0.25, 0.3) is 0 Å². The van der Waals surface area contributed by atoms with Crippen LogP contribution in [0.4, 0.5) is 0 Å². The number of hydrogen-bond donors (Lipinski definition) is 1. The summed E-state index contributed by atoms with van der Waals surface area (Å²) >= 11 is 0. The number of carbonyl (C=O) groups excluding carboxylic acids is 1. The number of phenols is 1. The zero-order chi connectivity index (χ0) is 14.5. The monoisotopic (exact) mass is 276 g/mol. The third-order valence-electron chi connectivity index (χ3n) is 4.11. The minimum Gasteiger partial charge on any atom is -0.508 e. The lowest BCUT2D eigenvalue weighted by atomic mass is 10.1. The third-order valence-corrected chi connectivity index (χ3v) is 4.11. The summed E-state index contributed by atoms with van der Waals surface area (Å²) in [6.07, 6.45) is 1.44. The molecule has 1 saturated heterocycles. The first-order valence-corrected chi connectivity index (χ1v) is 7.43. The molecular weight excluding hydrogens is 252 g/mol. The summed E-state index contributed by atoms with van der Waals surface area (Å²) in [5.74, 6) is 0.378. The molecule has 1 N–H and O–H groups in total. The number of likely N-dealkylation sites (tertiary alicyclic amines) is 1. The smallest absolute Gasteiger partial charge is 0.227 e. The summed E-state index contributed by atoms with van der Waals surface area (Å²) in [5, 5.41) is 9.44. The number of nitrogens with zero attached hydrogens (tertiary/aromatic N) is 2. The Bertz CT molecular complexity index is 458. The number of aromatic hydroxyl groups is 1. The van der Waals surface area contributed by atoms with E-state index in [1.165, 1.54) is 0 Å². The van der Waals surface area contributed by atoms with Gasteiger partial charge in [0.1, 0.15) is 5.75 Å². The lowest BCUT2D eigenvalue weighted by Gasteiger charge is -2.26. The van der Waals surface area contributed by atoms with Gasteiger partial charge in [-0.25, -0.2) is 0 Å². The van der Waals surface area contributed by atoms with Gasteiger partial charge in [0.05, 0.1) is 6.42 Å². The van der Waals surface area contributed by atoms with Crippen molar-refractivity contribution in [2.75, 3.05) is 26.2 Å². The molecule has 4 heteroatoms. The maximum atomic E-state index is 12.3. The second kappa shape index (κ2) is 6.75. The van der Waals surface area contributed by atoms with Gasteiger partial charge < -0.3 is 10.0 Å². The van der Waals surface area contributed by atoms with Crippen LogP contribution in [0.3, 0.4) is 0 Å². The molecule has 0 bridgehead atoms. The Hall–Kier alpha value is -1.55. The molecule has 1 aromatic rings. The molecule has 1 aromatic carbocycles. The first-order chi connectivity index (χ1) is 9.63. The van der Waals surface area contributed by atoms with Crippen molar-refractivity contribution in [3.8, 4) is 5.75 Å². The van der Waals surface area contributed by atoms with Gasteiger partial charge in [-0.1, -0.05) is 26.0 Å². The summed E-state index contributed by atoms with van der Waals surface area (Å²) in [7, 11) is 0. The van der Waals surface area contributed by atoms with Gasteiger partial charge in [-0.05, 0) is 37.2 Å². The fraction of sp³-hybridized carbons (Fsp3) is 0.562. The van der Waals surface area contributed by atoms with Crippen LogP contribution in [-0.2, 0) is 11.2 Å². The molecule has 0 radical (unpaired) electrons. The van der Waals surface area contributed by atoms with E-state index >= 15 is 0 Å². The van der Waals surface area contributed by atoms with E-state index in [0.717, 1.165) is 38.2 Å². The third kappa shape index (κ3) is 3.51. The van der Waals surface area contributed by atoms with Gasteiger partial charge in [-0.2, -0.15) is 0 Å². The van der Waals surface area contributed by atoms with Gasteiger partial charge in [-0.3, -0.25) is 9.69 Å². The molecule has 2 rings (SSSR count). The number of benzene rings is 1. The highest BCUT2D eigenvalue weighted by Crippen LogP contribution is 2.18. The van der Waals surface area contributed by atoms with E-state index in [1.54, 1.807) is 18.2 Å². The van der Waals surface area contributed by atoms with E-state index in [4.69, 9.17) is 0 Å². The Morgan fingerprint density at radius 3 is 2.80 bits per heavy atom. The Kier molecular flexibility index (Phi) is 5.01. The lowest BCUT2D eigenvalue weighted by molar-refractivity contribution is -0.129. The highest BCUT2D eigenvalue weighted by Gasteiger charge is 2.28. The number of rotatable bonds is 5. The topological polar surface area (TPSA) is 43.8 Å². The minimum absolute atomic E-state index is 0.158. The van der Waals surface area contributed by atoms with Crippen LogP contribution in [-0.4, -0.2) is 53.0 Å². The first-order valence-electron chi connectivity index (χ1n) is 7.43. The predicted octanol–water partition coefficient (Wildman–Crippen LogP) is 1.88. The van der Waals surface area contributed by atoms with E-state index in [1.807, 2.05) is 11.0 Å².